The van der Waals surface area contributed by atoms with Gasteiger partial charge in [-0.3, -0.25) is 0 Å². The van der Waals surface area contributed by atoms with Crippen molar-refractivity contribution in [2.24, 2.45) is 5.73 Å². The molecule has 0 saturated carbocycles. The smallest absolute Gasteiger partial charge is 0.0466 e. The van der Waals surface area contributed by atoms with Crippen molar-refractivity contribution in [3.8, 4) is 0 Å². The third-order valence-corrected chi connectivity index (χ3v) is 1.87. The second-order valence-electron chi connectivity index (χ2n) is 3.30. The summed E-state index contributed by atoms with van der Waals surface area (Å²) in [5, 5.41) is 0. The Morgan fingerprint density at radius 3 is 2.42 bits per heavy atom. The molecular formula is C10H23NO. The maximum absolute atomic E-state index is 5.84. The van der Waals surface area contributed by atoms with E-state index < -0.39 is 0 Å². The number of nitrogens with two attached hydrogens (primary N) is 1. The van der Waals surface area contributed by atoms with Crippen molar-refractivity contribution in [3.05, 3.63) is 0 Å². The van der Waals surface area contributed by atoms with E-state index >= 15 is 0 Å². The van der Waals surface area contributed by atoms with Gasteiger partial charge in [0.1, 0.15) is 0 Å². The molecule has 0 heterocycles. The molecule has 1 unspecified atom stereocenters. The zero-order valence-electron chi connectivity index (χ0n) is 8.51. The van der Waals surface area contributed by atoms with Crippen molar-refractivity contribution in [2.45, 2.75) is 52.0 Å². The summed E-state index contributed by atoms with van der Waals surface area (Å²) in [6.45, 7) is 6.07. The van der Waals surface area contributed by atoms with E-state index in [1.165, 1.54) is 6.42 Å². The summed E-state index contributed by atoms with van der Waals surface area (Å²) in [5.41, 5.74) is 5.84. The zero-order valence-corrected chi connectivity index (χ0v) is 8.51. The molecule has 12 heavy (non-hydrogen) atoms. The lowest BCUT2D eigenvalue weighted by Crippen LogP contribution is -2.19. The van der Waals surface area contributed by atoms with Crippen molar-refractivity contribution < 1.29 is 4.74 Å². The Balaban J connectivity index is 2.97. The summed E-state index contributed by atoms with van der Waals surface area (Å²) < 4.78 is 5.36. The third kappa shape index (κ3) is 8.02. The van der Waals surface area contributed by atoms with Gasteiger partial charge in [-0.15, -0.1) is 0 Å². The molecule has 0 fully saturated rings. The second-order valence-corrected chi connectivity index (χ2v) is 3.30. The topological polar surface area (TPSA) is 35.2 Å². The predicted octanol–water partition coefficient (Wildman–Crippen LogP) is 2.32. The predicted molar refractivity (Wildman–Crippen MR) is 53.2 cm³/mol. The van der Waals surface area contributed by atoms with Gasteiger partial charge in [-0.1, -0.05) is 20.3 Å². The lowest BCUT2D eigenvalue weighted by Gasteiger charge is -2.09. The van der Waals surface area contributed by atoms with E-state index in [9.17, 15) is 0 Å². The molecule has 0 saturated heterocycles. The minimum atomic E-state index is 0.389. The number of ether oxygens (including phenoxy) is 1. The van der Waals surface area contributed by atoms with Crippen molar-refractivity contribution in [2.75, 3.05) is 13.2 Å². The maximum atomic E-state index is 5.84. The summed E-state index contributed by atoms with van der Waals surface area (Å²) in [4.78, 5) is 0. The van der Waals surface area contributed by atoms with Gasteiger partial charge in [0.2, 0.25) is 0 Å². The van der Waals surface area contributed by atoms with E-state index in [0.717, 1.165) is 38.9 Å². The molecule has 0 aromatic rings. The molecule has 2 N–H and O–H groups in total. The number of hydrogen-bond acceptors (Lipinski definition) is 2. The van der Waals surface area contributed by atoms with Gasteiger partial charge in [-0.2, -0.15) is 0 Å². The molecule has 0 aliphatic carbocycles. The van der Waals surface area contributed by atoms with Crippen LogP contribution in [0.15, 0.2) is 0 Å². The van der Waals surface area contributed by atoms with Gasteiger partial charge in [-0.05, 0) is 25.7 Å². The monoisotopic (exact) mass is 173 g/mol. The molecule has 0 bridgehead atoms. The minimum Gasteiger partial charge on any atom is -0.381 e. The lowest BCUT2D eigenvalue weighted by molar-refractivity contribution is 0.129. The Kier molecular flexibility index (Phi) is 8.95. The highest BCUT2D eigenvalue weighted by molar-refractivity contribution is 4.59. The molecule has 1 atom stereocenters. The molecule has 0 aromatic heterocycles. The van der Waals surface area contributed by atoms with E-state index in [0.29, 0.717) is 6.04 Å². The number of rotatable bonds is 8. The molecule has 2 nitrogen and oxygen atoms in total. The molecule has 0 rings (SSSR count). The first-order valence-corrected chi connectivity index (χ1v) is 5.14. The molecular weight excluding hydrogens is 150 g/mol. The summed E-state index contributed by atoms with van der Waals surface area (Å²) in [7, 11) is 0. The van der Waals surface area contributed by atoms with Crippen LogP contribution < -0.4 is 5.73 Å². The van der Waals surface area contributed by atoms with Crippen molar-refractivity contribution in [1.29, 1.82) is 0 Å². The summed E-state index contributed by atoms with van der Waals surface area (Å²) in [6.07, 6.45) is 5.67. The molecule has 0 amide bonds. The fourth-order valence-electron chi connectivity index (χ4n) is 1.21. The van der Waals surface area contributed by atoms with Crippen LogP contribution in [0.1, 0.15) is 46.0 Å². The average Bonchev–Trinajstić information content (AvgIpc) is 2.05. The first-order valence-electron chi connectivity index (χ1n) is 5.14. The Morgan fingerprint density at radius 1 is 1.08 bits per heavy atom. The largest absolute Gasteiger partial charge is 0.381 e. The number of hydrogen-bond donors (Lipinski definition) is 1. The highest BCUT2D eigenvalue weighted by Crippen LogP contribution is 2.01. The van der Waals surface area contributed by atoms with E-state index in [-0.39, 0.29) is 0 Å². The van der Waals surface area contributed by atoms with Crippen LogP contribution in [-0.2, 0) is 4.74 Å². The summed E-state index contributed by atoms with van der Waals surface area (Å²) in [5.74, 6) is 0. The van der Waals surface area contributed by atoms with E-state index in [1.54, 1.807) is 0 Å². The minimum absolute atomic E-state index is 0.389. The van der Waals surface area contributed by atoms with Gasteiger partial charge in [-0.25, -0.2) is 0 Å². The van der Waals surface area contributed by atoms with Crippen LogP contribution >= 0.6 is 0 Å². The fraction of sp³-hybridized carbons (Fsp3) is 1.00. The summed E-state index contributed by atoms with van der Waals surface area (Å²) >= 11 is 0. The van der Waals surface area contributed by atoms with Crippen LogP contribution in [0.5, 0.6) is 0 Å². The van der Waals surface area contributed by atoms with Gasteiger partial charge in [0.05, 0.1) is 0 Å². The molecule has 0 aliphatic heterocycles. The van der Waals surface area contributed by atoms with Crippen LogP contribution in [-0.4, -0.2) is 19.3 Å². The van der Waals surface area contributed by atoms with E-state index in [1.807, 2.05) is 0 Å². The van der Waals surface area contributed by atoms with E-state index in [4.69, 9.17) is 10.5 Å². The Bertz CT molecular complexity index is 85.9. The first-order chi connectivity index (χ1) is 5.81. The molecule has 2 heteroatoms. The molecule has 0 aliphatic rings. The lowest BCUT2D eigenvalue weighted by atomic mass is 10.1. The highest BCUT2D eigenvalue weighted by atomic mass is 16.5. The van der Waals surface area contributed by atoms with Crippen LogP contribution in [0.3, 0.4) is 0 Å². The Hall–Kier alpha value is -0.0800. The Labute approximate surface area is 76.5 Å². The summed E-state index contributed by atoms with van der Waals surface area (Å²) in [6, 6.07) is 0.389. The standard InChI is InChI=1S/C10H23NO/c1-3-6-10(11)7-5-9-12-8-4-2/h10H,3-9,11H2,1-2H3. The molecule has 74 valence electrons. The quantitative estimate of drug-likeness (QED) is 0.572. The average molecular weight is 173 g/mol. The molecule has 0 aromatic carbocycles. The fourth-order valence-corrected chi connectivity index (χ4v) is 1.21. The maximum Gasteiger partial charge on any atom is 0.0466 e. The normalized spacial score (nSPS) is 13.2. The van der Waals surface area contributed by atoms with Gasteiger partial charge < -0.3 is 10.5 Å². The first kappa shape index (κ1) is 11.9. The van der Waals surface area contributed by atoms with Crippen LogP contribution in [0, 0.1) is 0 Å². The van der Waals surface area contributed by atoms with Gasteiger partial charge >= 0.3 is 0 Å². The van der Waals surface area contributed by atoms with Crippen molar-refractivity contribution >= 4 is 0 Å². The highest BCUT2D eigenvalue weighted by Gasteiger charge is 1.99. The zero-order chi connectivity index (χ0) is 9.23. The van der Waals surface area contributed by atoms with Gasteiger partial charge in [0, 0.05) is 19.3 Å². The van der Waals surface area contributed by atoms with Gasteiger partial charge in [0.25, 0.3) is 0 Å². The second kappa shape index (κ2) is 9.01. The third-order valence-electron chi connectivity index (χ3n) is 1.87. The van der Waals surface area contributed by atoms with Crippen LogP contribution in [0.25, 0.3) is 0 Å². The van der Waals surface area contributed by atoms with Crippen molar-refractivity contribution in [3.63, 3.8) is 0 Å². The van der Waals surface area contributed by atoms with Gasteiger partial charge in [0.15, 0.2) is 0 Å². The van der Waals surface area contributed by atoms with E-state index in [2.05, 4.69) is 13.8 Å². The molecule has 0 radical (unpaired) electrons. The molecule has 0 spiro atoms. The SMILES string of the molecule is CCCOCCCC(N)CCC. The Morgan fingerprint density at radius 2 is 1.83 bits per heavy atom. The van der Waals surface area contributed by atoms with Crippen molar-refractivity contribution in [1.82, 2.24) is 0 Å². The van der Waals surface area contributed by atoms with Crippen LogP contribution in [0.2, 0.25) is 0 Å². The van der Waals surface area contributed by atoms with Crippen LogP contribution in [0.4, 0.5) is 0 Å².